The lowest BCUT2D eigenvalue weighted by Crippen LogP contribution is -2.51. The van der Waals surface area contributed by atoms with Crippen molar-refractivity contribution in [3.63, 3.8) is 0 Å². The van der Waals surface area contributed by atoms with Crippen LogP contribution in [0.2, 0.25) is 0 Å². The fourth-order valence-corrected chi connectivity index (χ4v) is 1.46. The van der Waals surface area contributed by atoms with Crippen LogP contribution in [0, 0.1) is 5.92 Å². The SMILES string of the molecule is CCC(NC(C)C(=O)NC(=O)NC)C(C)C. The van der Waals surface area contributed by atoms with Gasteiger partial charge in [0.1, 0.15) is 0 Å². The van der Waals surface area contributed by atoms with Gasteiger partial charge in [0.2, 0.25) is 5.91 Å². The number of hydrogen-bond donors (Lipinski definition) is 3. The summed E-state index contributed by atoms with van der Waals surface area (Å²) in [5.74, 6) is 0.152. The Morgan fingerprint density at radius 2 is 1.75 bits per heavy atom. The van der Waals surface area contributed by atoms with Gasteiger partial charge in [0.15, 0.2) is 0 Å². The van der Waals surface area contributed by atoms with Crippen molar-refractivity contribution in [1.29, 1.82) is 0 Å². The summed E-state index contributed by atoms with van der Waals surface area (Å²) < 4.78 is 0. The van der Waals surface area contributed by atoms with E-state index in [2.05, 4.69) is 36.7 Å². The molecule has 0 saturated heterocycles. The maximum atomic E-state index is 11.6. The summed E-state index contributed by atoms with van der Waals surface area (Å²) in [7, 11) is 1.48. The first-order chi connectivity index (χ1) is 7.42. The number of rotatable bonds is 5. The first-order valence-electron chi connectivity index (χ1n) is 5.71. The molecule has 0 spiro atoms. The summed E-state index contributed by atoms with van der Waals surface area (Å²) in [6, 6.07) is -0.564. The van der Waals surface area contributed by atoms with E-state index in [1.165, 1.54) is 7.05 Å². The molecule has 0 aliphatic carbocycles. The fraction of sp³-hybridized carbons (Fsp3) is 0.818. The maximum absolute atomic E-state index is 11.6. The molecular formula is C11H23N3O2. The van der Waals surface area contributed by atoms with Crippen LogP contribution in [0.25, 0.3) is 0 Å². The molecule has 0 heterocycles. The monoisotopic (exact) mass is 229 g/mol. The Hall–Kier alpha value is -1.10. The molecule has 2 atom stereocenters. The van der Waals surface area contributed by atoms with Gasteiger partial charge in [0.25, 0.3) is 0 Å². The molecule has 0 aromatic rings. The Kier molecular flexibility index (Phi) is 6.72. The van der Waals surface area contributed by atoms with Gasteiger partial charge in [-0.1, -0.05) is 20.8 Å². The highest BCUT2D eigenvalue weighted by molar-refractivity contribution is 5.96. The normalized spacial score (nSPS) is 14.4. The standard InChI is InChI=1S/C11H23N3O2/c1-6-9(7(2)3)13-8(4)10(15)14-11(16)12-5/h7-9,13H,6H2,1-5H3,(H2,12,14,15,16). The molecule has 2 unspecified atom stereocenters. The fourth-order valence-electron chi connectivity index (χ4n) is 1.46. The second-order valence-corrected chi connectivity index (χ2v) is 4.22. The third-order valence-corrected chi connectivity index (χ3v) is 2.57. The van der Waals surface area contributed by atoms with Crippen LogP contribution in [-0.2, 0) is 4.79 Å². The number of amides is 3. The van der Waals surface area contributed by atoms with Gasteiger partial charge in [-0.3, -0.25) is 10.1 Å². The van der Waals surface area contributed by atoms with Crippen molar-refractivity contribution in [3.8, 4) is 0 Å². The maximum Gasteiger partial charge on any atom is 0.321 e. The zero-order valence-electron chi connectivity index (χ0n) is 10.8. The largest absolute Gasteiger partial charge is 0.341 e. The molecule has 0 rings (SSSR count). The van der Waals surface area contributed by atoms with E-state index in [9.17, 15) is 9.59 Å². The quantitative estimate of drug-likeness (QED) is 0.654. The van der Waals surface area contributed by atoms with E-state index >= 15 is 0 Å². The average Bonchev–Trinajstić information content (AvgIpc) is 2.24. The number of hydrogen-bond acceptors (Lipinski definition) is 3. The summed E-state index contributed by atoms with van der Waals surface area (Å²) in [5.41, 5.74) is 0. The van der Waals surface area contributed by atoms with Gasteiger partial charge < -0.3 is 10.6 Å². The van der Waals surface area contributed by atoms with Crippen molar-refractivity contribution >= 4 is 11.9 Å². The van der Waals surface area contributed by atoms with Crippen LogP contribution >= 0.6 is 0 Å². The Labute approximate surface area is 97.4 Å². The van der Waals surface area contributed by atoms with Crippen LogP contribution in [0.15, 0.2) is 0 Å². The Balaban J connectivity index is 4.18. The summed E-state index contributed by atoms with van der Waals surface area (Å²) in [6.07, 6.45) is 0.954. The van der Waals surface area contributed by atoms with Gasteiger partial charge in [-0.25, -0.2) is 4.79 Å². The molecule has 5 nitrogen and oxygen atoms in total. The van der Waals surface area contributed by atoms with Crippen molar-refractivity contribution in [3.05, 3.63) is 0 Å². The van der Waals surface area contributed by atoms with Crippen molar-refractivity contribution in [2.45, 2.75) is 46.2 Å². The molecule has 0 saturated carbocycles. The van der Waals surface area contributed by atoms with E-state index in [-0.39, 0.29) is 18.0 Å². The zero-order valence-corrected chi connectivity index (χ0v) is 10.8. The highest BCUT2D eigenvalue weighted by atomic mass is 16.2. The van der Waals surface area contributed by atoms with Gasteiger partial charge in [-0.05, 0) is 19.3 Å². The van der Waals surface area contributed by atoms with E-state index in [0.29, 0.717) is 5.92 Å². The van der Waals surface area contributed by atoms with Crippen molar-refractivity contribution in [2.24, 2.45) is 5.92 Å². The second-order valence-electron chi connectivity index (χ2n) is 4.22. The van der Waals surface area contributed by atoms with Crippen molar-refractivity contribution in [2.75, 3.05) is 7.05 Å². The second kappa shape index (κ2) is 7.22. The Morgan fingerprint density at radius 3 is 2.12 bits per heavy atom. The molecule has 3 amide bonds. The molecule has 16 heavy (non-hydrogen) atoms. The lowest BCUT2D eigenvalue weighted by Gasteiger charge is -2.24. The van der Waals surface area contributed by atoms with Gasteiger partial charge in [0.05, 0.1) is 6.04 Å². The first kappa shape index (κ1) is 14.9. The van der Waals surface area contributed by atoms with Gasteiger partial charge in [-0.15, -0.1) is 0 Å². The number of urea groups is 1. The summed E-state index contributed by atoms with van der Waals surface area (Å²) in [4.78, 5) is 22.5. The van der Waals surface area contributed by atoms with Gasteiger partial charge in [0, 0.05) is 13.1 Å². The van der Waals surface area contributed by atoms with Crippen molar-refractivity contribution in [1.82, 2.24) is 16.0 Å². The van der Waals surface area contributed by atoms with Crippen molar-refractivity contribution < 1.29 is 9.59 Å². The van der Waals surface area contributed by atoms with E-state index in [1.807, 2.05) is 0 Å². The number of carbonyl (C=O) groups excluding carboxylic acids is 2. The number of nitrogens with one attached hydrogen (secondary N) is 3. The lowest BCUT2D eigenvalue weighted by atomic mass is 10.0. The predicted octanol–water partition coefficient (Wildman–Crippen LogP) is 0.855. The van der Waals surface area contributed by atoms with Crippen LogP contribution in [0.1, 0.15) is 34.1 Å². The minimum Gasteiger partial charge on any atom is -0.341 e. The highest BCUT2D eigenvalue weighted by Crippen LogP contribution is 2.06. The molecular weight excluding hydrogens is 206 g/mol. The highest BCUT2D eigenvalue weighted by Gasteiger charge is 2.19. The molecule has 0 aliphatic rings. The topological polar surface area (TPSA) is 70.2 Å². The van der Waals surface area contributed by atoms with E-state index in [0.717, 1.165) is 6.42 Å². The van der Waals surface area contributed by atoms with Crippen LogP contribution in [0.5, 0.6) is 0 Å². The third kappa shape index (κ3) is 5.11. The summed E-state index contributed by atoms with van der Waals surface area (Å²) in [5, 5.41) is 7.79. The molecule has 0 aliphatic heterocycles. The van der Waals surface area contributed by atoms with Gasteiger partial charge >= 0.3 is 6.03 Å². The molecule has 94 valence electrons. The smallest absolute Gasteiger partial charge is 0.321 e. The molecule has 0 radical (unpaired) electrons. The van der Waals surface area contributed by atoms with Crippen LogP contribution in [0.4, 0.5) is 4.79 Å². The van der Waals surface area contributed by atoms with E-state index in [4.69, 9.17) is 0 Å². The molecule has 0 fully saturated rings. The molecule has 3 N–H and O–H groups in total. The zero-order chi connectivity index (χ0) is 12.7. The van der Waals surface area contributed by atoms with E-state index in [1.54, 1.807) is 6.92 Å². The van der Waals surface area contributed by atoms with Crippen LogP contribution in [0.3, 0.4) is 0 Å². The average molecular weight is 229 g/mol. The summed E-state index contributed by atoms with van der Waals surface area (Å²) >= 11 is 0. The molecule has 5 heteroatoms. The Morgan fingerprint density at radius 1 is 1.19 bits per heavy atom. The molecule has 0 bridgehead atoms. The Bertz CT molecular complexity index is 241. The number of imide groups is 1. The number of carbonyl (C=O) groups is 2. The van der Waals surface area contributed by atoms with Gasteiger partial charge in [-0.2, -0.15) is 0 Å². The van der Waals surface area contributed by atoms with Crippen LogP contribution < -0.4 is 16.0 Å². The summed E-state index contributed by atoms with van der Waals surface area (Å²) in [6.45, 7) is 8.03. The third-order valence-electron chi connectivity index (χ3n) is 2.57. The minimum absolute atomic E-state index is 0.283. The predicted molar refractivity (Wildman–Crippen MR) is 64.1 cm³/mol. The van der Waals surface area contributed by atoms with Crippen LogP contribution in [-0.4, -0.2) is 31.1 Å². The first-order valence-corrected chi connectivity index (χ1v) is 5.71. The lowest BCUT2D eigenvalue weighted by molar-refractivity contribution is -0.121. The molecule has 0 aromatic heterocycles. The van der Waals surface area contributed by atoms with E-state index < -0.39 is 6.03 Å². The molecule has 0 aromatic carbocycles. The minimum atomic E-state index is -0.476.